The highest BCUT2D eigenvalue weighted by molar-refractivity contribution is 5.74. The summed E-state index contributed by atoms with van der Waals surface area (Å²) in [6.07, 6.45) is 5.32. The second kappa shape index (κ2) is 4.02. The summed E-state index contributed by atoms with van der Waals surface area (Å²) in [5, 5.41) is 0. The van der Waals surface area contributed by atoms with E-state index in [0.717, 1.165) is 29.3 Å². The maximum atomic E-state index is 5.95. The number of hydrogen-bond acceptors (Lipinski definition) is 3. The molecule has 17 heavy (non-hydrogen) atoms. The SMILES string of the molecule is Cc1ccc2nc(N)n(CCCC3CC3)c2n1. The van der Waals surface area contributed by atoms with Crippen molar-refractivity contribution in [2.75, 3.05) is 5.73 Å². The van der Waals surface area contributed by atoms with Crippen molar-refractivity contribution in [2.24, 2.45) is 5.92 Å². The Morgan fingerprint density at radius 1 is 1.35 bits per heavy atom. The largest absolute Gasteiger partial charge is 0.369 e. The maximum absolute atomic E-state index is 5.95. The van der Waals surface area contributed by atoms with Crippen molar-refractivity contribution < 1.29 is 0 Å². The Balaban J connectivity index is 1.84. The summed E-state index contributed by atoms with van der Waals surface area (Å²) in [6, 6.07) is 3.97. The standard InChI is InChI=1S/C13H18N4/c1-9-4-7-11-12(15-9)17(13(14)16-11)8-2-3-10-5-6-10/h4,7,10H,2-3,5-6,8H2,1H3,(H2,14,16). The van der Waals surface area contributed by atoms with Crippen LogP contribution in [-0.2, 0) is 6.54 Å². The Morgan fingerprint density at radius 3 is 2.94 bits per heavy atom. The molecule has 1 fully saturated rings. The summed E-state index contributed by atoms with van der Waals surface area (Å²) in [7, 11) is 0. The highest BCUT2D eigenvalue weighted by atomic mass is 15.2. The first kappa shape index (κ1) is 10.6. The lowest BCUT2D eigenvalue weighted by Crippen LogP contribution is -2.04. The van der Waals surface area contributed by atoms with E-state index in [1.165, 1.54) is 25.7 Å². The second-order valence-corrected chi connectivity index (χ2v) is 5.00. The Bertz CT molecular complexity index is 540. The molecule has 1 saturated carbocycles. The van der Waals surface area contributed by atoms with Crippen molar-refractivity contribution in [2.45, 2.75) is 39.2 Å². The molecule has 0 amide bonds. The van der Waals surface area contributed by atoms with Gasteiger partial charge in [-0.2, -0.15) is 0 Å². The van der Waals surface area contributed by atoms with Gasteiger partial charge in [-0.1, -0.05) is 12.8 Å². The molecule has 0 aromatic carbocycles. The third kappa shape index (κ3) is 2.12. The van der Waals surface area contributed by atoms with E-state index in [4.69, 9.17) is 5.73 Å². The van der Waals surface area contributed by atoms with Crippen LogP contribution in [0.1, 0.15) is 31.4 Å². The number of pyridine rings is 1. The molecule has 2 aromatic heterocycles. The van der Waals surface area contributed by atoms with Crippen LogP contribution in [0, 0.1) is 12.8 Å². The van der Waals surface area contributed by atoms with Crippen molar-refractivity contribution in [1.29, 1.82) is 0 Å². The van der Waals surface area contributed by atoms with Crippen LogP contribution in [0.4, 0.5) is 5.95 Å². The number of nitrogens with zero attached hydrogens (tertiary/aromatic N) is 3. The number of fused-ring (bicyclic) bond motifs is 1. The summed E-state index contributed by atoms with van der Waals surface area (Å²) in [6.45, 7) is 2.94. The van der Waals surface area contributed by atoms with Gasteiger partial charge in [-0.05, 0) is 37.8 Å². The van der Waals surface area contributed by atoms with E-state index in [1.54, 1.807) is 0 Å². The van der Waals surface area contributed by atoms with Crippen molar-refractivity contribution in [1.82, 2.24) is 14.5 Å². The van der Waals surface area contributed by atoms with Crippen LogP contribution in [0.5, 0.6) is 0 Å². The van der Waals surface area contributed by atoms with Crippen molar-refractivity contribution in [3.05, 3.63) is 17.8 Å². The molecule has 0 radical (unpaired) electrons. The van der Waals surface area contributed by atoms with Crippen molar-refractivity contribution >= 4 is 17.1 Å². The lowest BCUT2D eigenvalue weighted by molar-refractivity contribution is 0.588. The quantitative estimate of drug-likeness (QED) is 0.878. The molecule has 0 bridgehead atoms. The number of anilines is 1. The summed E-state index contributed by atoms with van der Waals surface area (Å²) in [5.41, 5.74) is 8.79. The molecule has 2 aromatic rings. The molecule has 2 heterocycles. The van der Waals surface area contributed by atoms with Crippen LogP contribution < -0.4 is 5.73 Å². The van der Waals surface area contributed by atoms with Crippen LogP contribution in [-0.4, -0.2) is 14.5 Å². The Hall–Kier alpha value is -1.58. The molecular weight excluding hydrogens is 212 g/mol. The first-order chi connectivity index (χ1) is 8.24. The number of aryl methyl sites for hydroxylation is 2. The maximum Gasteiger partial charge on any atom is 0.202 e. The normalized spacial score (nSPS) is 15.6. The minimum atomic E-state index is 0.592. The first-order valence-electron chi connectivity index (χ1n) is 6.33. The number of imidazole rings is 1. The van der Waals surface area contributed by atoms with E-state index in [2.05, 4.69) is 9.97 Å². The monoisotopic (exact) mass is 230 g/mol. The molecule has 0 unspecified atom stereocenters. The molecule has 0 aliphatic heterocycles. The molecule has 0 atom stereocenters. The average molecular weight is 230 g/mol. The zero-order valence-electron chi connectivity index (χ0n) is 10.2. The predicted molar refractivity (Wildman–Crippen MR) is 68.6 cm³/mol. The Kier molecular flexibility index (Phi) is 2.50. The van der Waals surface area contributed by atoms with Gasteiger partial charge < -0.3 is 5.73 Å². The summed E-state index contributed by atoms with van der Waals surface area (Å²) in [5.74, 6) is 1.56. The molecule has 4 nitrogen and oxygen atoms in total. The molecule has 1 aliphatic carbocycles. The van der Waals surface area contributed by atoms with Crippen LogP contribution in [0.3, 0.4) is 0 Å². The third-order valence-electron chi connectivity index (χ3n) is 3.45. The van der Waals surface area contributed by atoms with E-state index in [0.29, 0.717) is 5.95 Å². The van der Waals surface area contributed by atoms with Gasteiger partial charge in [0, 0.05) is 12.2 Å². The van der Waals surface area contributed by atoms with Gasteiger partial charge in [0.25, 0.3) is 0 Å². The highest BCUT2D eigenvalue weighted by Crippen LogP contribution is 2.33. The lowest BCUT2D eigenvalue weighted by Gasteiger charge is -2.05. The molecule has 4 heteroatoms. The van der Waals surface area contributed by atoms with E-state index < -0.39 is 0 Å². The van der Waals surface area contributed by atoms with Crippen LogP contribution in [0.25, 0.3) is 11.2 Å². The fourth-order valence-corrected chi connectivity index (χ4v) is 2.28. The Labute approximate surface area is 101 Å². The predicted octanol–water partition coefficient (Wildman–Crippen LogP) is 2.51. The summed E-state index contributed by atoms with van der Waals surface area (Å²) in [4.78, 5) is 8.88. The zero-order valence-corrected chi connectivity index (χ0v) is 10.2. The van der Waals surface area contributed by atoms with Crippen molar-refractivity contribution in [3.8, 4) is 0 Å². The van der Waals surface area contributed by atoms with Gasteiger partial charge in [0.15, 0.2) is 5.65 Å². The summed E-state index contributed by atoms with van der Waals surface area (Å²) < 4.78 is 2.05. The van der Waals surface area contributed by atoms with Gasteiger partial charge in [0.2, 0.25) is 5.95 Å². The first-order valence-corrected chi connectivity index (χ1v) is 6.33. The number of nitrogen functional groups attached to an aromatic ring is 1. The topological polar surface area (TPSA) is 56.7 Å². The van der Waals surface area contributed by atoms with E-state index >= 15 is 0 Å². The number of hydrogen-bond donors (Lipinski definition) is 1. The number of nitrogens with two attached hydrogens (primary N) is 1. The van der Waals surface area contributed by atoms with Crippen LogP contribution >= 0.6 is 0 Å². The fourth-order valence-electron chi connectivity index (χ4n) is 2.28. The molecule has 90 valence electrons. The third-order valence-corrected chi connectivity index (χ3v) is 3.45. The summed E-state index contributed by atoms with van der Waals surface area (Å²) >= 11 is 0. The lowest BCUT2D eigenvalue weighted by atomic mass is 10.2. The van der Waals surface area contributed by atoms with Gasteiger partial charge in [0.05, 0.1) is 0 Å². The van der Waals surface area contributed by atoms with Crippen molar-refractivity contribution in [3.63, 3.8) is 0 Å². The molecule has 2 N–H and O–H groups in total. The van der Waals surface area contributed by atoms with E-state index in [-0.39, 0.29) is 0 Å². The average Bonchev–Trinajstić information content (AvgIpc) is 3.06. The smallest absolute Gasteiger partial charge is 0.202 e. The molecule has 1 aliphatic rings. The van der Waals surface area contributed by atoms with Gasteiger partial charge in [-0.15, -0.1) is 0 Å². The van der Waals surface area contributed by atoms with Gasteiger partial charge in [-0.25, -0.2) is 9.97 Å². The molecular formula is C13H18N4. The zero-order chi connectivity index (χ0) is 11.8. The highest BCUT2D eigenvalue weighted by Gasteiger charge is 2.20. The molecule has 0 saturated heterocycles. The number of rotatable bonds is 4. The van der Waals surface area contributed by atoms with Crippen LogP contribution in [0.15, 0.2) is 12.1 Å². The number of aromatic nitrogens is 3. The van der Waals surface area contributed by atoms with Gasteiger partial charge >= 0.3 is 0 Å². The van der Waals surface area contributed by atoms with Gasteiger partial charge in [0.1, 0.15) is 5.52 Å². The van der Waals surface area contributed by atoms with E-state index in [9.17, 15) is 0 Å². The fraction of sp³-hybridized carbons (Fsp3) is 0.538. The minimum absolute atomic E-state index is 0.592. The minimum Gasteiger partial charge on any atom is -0.369 e. The Morgan fingerprint density at radius 2 is 2.18 bits per heavy atom. The molecule has 0 spiro atoms. The van der Waals surface area contributed by atoms with E-state index in [1.807, 2.05) is 23.6 Å². The van der Waals surface area contributed by atoms with Crippen LogP contribution in [0.2, 0.25) is 0 Å². The molecule has 3 rings (SSSR count). The second-order valence-electron chi connectivity index (χ2n) is 5.00. The van der Waals surface area contributed by atoms with Gasteiger partial charge in [-0.3, -0.25) is 4.57 Å².